The van der Waals surface area contributed by atoms with E-state index in [9.17, 15) is 10.1 Å². The molecule has 0 unspecified atom stereocenters. The van der Waals surface area contributed by atoms with E-state index in [1.807, 2.05) is 36.4 Å². The van der Waals surface area contributed by atoms with Gasteiger partial charge in [-0.05, 0) is 41.5 Å². The van der Waals surface area contributed by atoms with Crippen LogP contribution >= 0.6 is 0 Å². The summed E-state index contributed by atoms with van der Waals surface area (Å²) in [4.78, 5) is 17.8. The lowest BCUT2D eigenvalue weighted by Gasteiger charge is -2.42. The highest BCUT2D eigenvalue weighted by molar-refractivity contribution is 5.88. The van der Waals surface area contributed by atoms with Crippen LogP contribution in [0.15, 0.2) is 91.1 Å². The number of para-hydroxylation sites is 2. The van der Waals surface area contributed by atoms with Gasteiger partial charge in [0.15, 0.2) is 0 Å². The molecule has 0 fully saturated rings. The van der Waals surface area contributed by atoms with Crippen LogP contribution < -0.4 is 4.90 Å². The van der Waals surface area contributed by atoms with Crippen molar-refractivity contribution in [3.63, 3.8) is 0 Å². The molecule has 1 aromatic heterocycles. The van der Waals surface area contributed by atoms with Crippen molar-refractivity contribution in [3.05, 3.63) is 112 Å². The molecule has 0 radical (unpaired) electrons. The molecule has 152 valence electrons. The molecule has 5 rings (SSSR count). The van der Waals surface area contributed by atoms with Gasteiger partial charge in [-0.15, -0.1) is 0 Å². The van der Waals surface area contributed by atoms with E-state index in [2.05, 4.69) is 60.1 Å². The minimum atomic E-state index is -0.379. The van der Waals surface area contributed by atoms with Gasteiger partial charge in [0.25, 0.3) is 5.69 Å². The molecule has 0 saturated heterocycles. The van der Waals surface area contributed by atoms with Crippen molar-refractivity contribution in [2.75, 3.05) is 4.90 Å². The Bertz CT molecular complexity index is 1300. The first-order valence-electron chi connectivity index (χ1n) is 10.2. The second-order valence-corrected chi connectivity index (χ2v) is 8.17. The Morgan fingerprint density at radius 3 is 2.32 bits per heavy atom. The van der Waals surface area contributed by atoms with E-state index in [0.717, 1.165) is 28.2 Å². The third-order valence-electron chi connectivity index (χ3n) is 6.00. The smallest absolute Gasteiger partial charge is 0.295 e. The second kappa shape index (κ2) is 7.06. The molecule has 1 aliphatic rings. The Labute approximate surface area is 180 Å². The molecule has 0 atom stereocenters. The number of nitro groups is 1. The summed E-state index contributed by atoms with van der Waals surface area (Å²) < 4.78 is 0. The number of benzene rings is 3. The first kappa shape index (κ1) is 19.0. The van der Waals surface area contributed by atoms with Crippen molar-refractivity contribution in [3.8, 4) is 11.3 Å². The van der Waals surface area contributed by atoms with Crippen molar-refractivity contribution in [2.45, 2.75) is 19.3 Å². The lowest BCUT2D eigenvalue weighted by Crippen LogP contribution is -2.30. The maximum atomic E-state index is 11.6. The standard InChI is InChI=1S/C26H21N3O2/c1-26(2)20-11-6-7-12-22(20)28(19-9-4-3-5-10-19)24-17-18(14-15-21(24)26)25-23(29(30)31)13-8-16-27-25/h3-17H,1-2H3. The lowest BCUT2D eigenvalue weighted by molar-refractivity contribution is -0.384. The number of nitrogens with zero attached hydrogens (tertiary/aromatic N) is 3. The number of hydrogen-bond acceptors (Lipinski definition) is 4. The lowest BCUT2D eigenvalue weighted by atomic mass is 9.73. The van der Waals surface area contributed by atoms with Crippen LogP contribution in [0.5, 0.6) is 0 Å². The van der Waals surface area contributed by atoms with Crippen molar-refractivity contribution in [1.82, 2.24) is 4.98 Å². The summed E-state index contributed by atoms with van der Waals surface area (Å²) in [5, 5.41) is 11.6. The average Bonchev–Trinajstić information content (AvgIpc) is 2.80. The van der Waals surface area contributed by atoms with E-state index in [-0.39, 0.29) is 16.0 Å². The summed E-state index contributed by atoms with van der Waals surface area (Å²) in [6.45, 7) is 4.44. The Morgan fingerprint density at radius 1 is 0.839 bits per heavy atom. The zero-order valence-electron chi connectivity index (χ0n) is 17.3. The zero-order valence-corrected chi connectivity index (χ0v) is 17.3. The van der Waals surface area contributed by atoms with Crippen LogP contribution in [-0.2, 0) is 5.41 Å². The van der Waals surface area contributed by atoms with Crippen molar-refractivity contribution in [2.24, 2.45) is 0 Å². The molecule has 0 amide bonds. The van der Waals surface area contributed by atoms with Crippen molar-refractivity contribution < 1.29 is 4.92 Å². The Kier molecular flexibility index (Phi) is 4.33. The third kappa shape index (κ3) is 2.97. The predicted octanol–water partition coefficient (Wildman–Crippen LogP) is 6.77. The first-order valence-corrected chi connectivity index (χ1v) is 10.2. The van der Waals surface area contributed by atoms with Gasteiger partial charge in [-0.2, -0.15) is 0 Å². The van der Waals surface area contributed by atoms with Gasteiger partial charge < -0.3 is 4.90 Å². The topological polar surface area (TPSA) is 59.3 Å². The van der Waals surface area contributed by atoms with E-state index in [0.29, 0.717) is 5.69 Å². The van der Waals surface area contributed by atoms with Gasteiger partial charge in [0.1, 0.15) is 5.69 Å². The predicted molar refractivity (Wildman–Crippen MR) is 123 cm³/mol. The minimum absolute atomic E-state index is 0.00387. The summed E-state index contributed by atoms with van der Waals surface area (Å²) in [5.74, 6) is 0. The van der Waals surface area contributed by atoms with E-state index in [1.165, 1.54) is 11.6 Å². The van der Waals surface area contributed by atoms with Gasteiger partial charge in [0, 0.05) is 28.9 Å². The molecule has 5 nitrogen and oxygen atoms in total. The number of rotatable bonds is 3. The second-order valence-electron chi connectivity index (χ2n) is 8.17. The number of fused-ring (bicyclic) bond motifs is 2. The van der Waals surface area contributed by atoms with Crippen LogP contribution in [0.3, 0.4) is 0 Å². The molecule has 0 spiro atoms. The quantitative estimate of drug-likeness (QED) is 0.278. The summed E-state index contributed by atoms with van der Waals surface area (Å²) in [5.41, 5.74) is 6.45. The maximum Gasteiger partial charge on any atom is 0.295 e. The monoisotopic (exact) mass is 407 g/mol. The van der Waals surface area contributed by atoms with Gasteiger partial charge in [-0.3, -0.25) is 10.1 Å². The molecule has 2 heterocycles. The molecule has 0 N–H and O–H groups in total. The van der Waals surface area contributed by atoms with Crippen LogP contribution in [-0.4, -0.2) is 9.91 Å². The number of aromatic nitrogens is 1. The summed E-state index contributed by atoms with van der Waals surface area (Å²) in [6, 6.07) is 27.7. The van der Waals surface area contributed by atoms with Crippen LogP contribution in [0.1, 0.15) is 25.0 Å². The SMILES string of the molecule is CC1(C)c2ccccc2N(c2ccccc2)c2cc(-c3ncccc3[N+](=O)[O-])ccc21. The molecular formula is C26H21N3O2. The van der Waals surface area contributed by atoms with Crippen LogP contribution in [0.2, 0.25) is 0 Å². The highest BCUT2D eigenvalue weighted by atomic mass is 16.6. The van der Waals surface area contributed by atoms with Crippen LogP contribution in [0, 0.1) is 10.1 Å². The molecule has 3 aromatic carbocycles. The normalized spacial score (nSPS) is 13.9. The Hall–Kier alpha value is -3.99. The van der Waals surface area contributed by atoms with Gasteiger partial charge in [0.2, 0.25) is 0 Å². The fourth-order valence-electron chi connectivity index (χ4n) is 4.49. The fourth-order valence-corrected chi connectivity index (χ4v) is 4.49. The van der Waals surface area contributed by atoms with Crippen LogP contribution in [0.4, 0.5) is 22.7 Å². The molecule has 5 heteroatoms. The Morgan fingerprint density at radius 2 is 1.55 bits per heavy atom. The van der Waals surface area contributed by atoms with Gasteiger partial charge in [0.05, 0.1) is 16.3 Å². The average molecular weight is 407 g/mol. The first-order chi connectivity index (χ1) is 15.0. The van der Waals surface area contributed by atoms with E-state index in [1.54, 1.807) is 12.3 Å². The van der Waals surface area contributed by atoms with E-state index >= 15 is 0 Å². The van der Waals surface area contributed by atoms with Crippen molar-refractivity contribution in [1.29, 1.82) is 0 Å². The molecule has 0 saturated carbocycles. The van der Waals surface area contributed by atoms with Crippen molar-refractivity contribution >= 4 is 22.7 Å². The Balaban J connectivity index is 1.79. The number of anilines is 3. The third-order valence-corrected chi connectivity index (χ3v) is 6.00. The fraction of sp³-hybridized carbons (Fsp3) is 0.115. The zero-order chi connectivity index (χ0) is 21.6. The summed E-state index contributed by atoms with van der Waals surface area (Å²) in [7, 11) is 0. The minimum Gasteiger partial charge on any atom is -0.310 e. The maximum absolute atomic E-state index is 11.6. The van der Waals surface area contributed by atoms with Gasteiger partial charge in [-0.1, -0.05) is 62.4 Å². The molecule has 4 aromatic rings. The number of hydrogen-bond donors (Lipinski definition) is 0. The number of pyridine rings is 1. The highest BCUT2D eigenvalue weighted by Crippen LogP contribution is 2.52. The highest BCUT2D eigenvalue weighted by Gasteiger charge is 2.37. The van der Waals surface area contributed by atoms with Gasteiger partial charge in [-0.25, -0.2) is 4.98 Å². The molecule has 0 bridgehead atoms. The molecule has 1 aliphatic heterocycles. The van der Waals surface area contributed by atoms with E-state index in [4.69, 9.17) is 0 Å². The summed E-state index contributed by atoms with van der Waals surface area (Å²) >= 11 is 0. The molecular weight excluding hydrogens is 386 g/mol. The largest absolute Gasteiger partial charge is 0.310 e. The van der Waals surface area contributed by atoms with Crippen LogP contribution in [0.25, 0.3) is 11.3 Å². The van der Waals surface area contributed by atoms with Gasteiger partial charge >= 0.3 is 0 Å². The summed E-state index contributed by atoms with van der Waals surface area (Å²) in [6.07, 6.45) is 1.59. The molecule has 31 heavy (non-hydrogen) atoms. The van der Waals surface area contributed by atoms with E-state index < -0.39 is 0 Å². The molecule has 0 aliphatic carbocycles.